The molecule has 7 nitrogen and oxygen atoms in total. The molecule has 2 amide bonds. The topological polar surface area (TPSA) is 94.6 Å². The fourth-order valence-electron chi connectivity index (χ4n) is 3.33. The highest BCUT2D eigenvalue weighted by molar-refractivity contribution is 8.16. The molecule has 0 bridgehead atoms. The van der Waals surface area contributed by atoms with Gasteiger partial charge >= 0.3 is 5.97 Å². The van der Waals surface area contributed by atoms with Crippen molar-refractivity contribution >= 4 is 28.9 Å². The minimum absolute atomic E-state index is 0.172. The number of aryl methyl sites for hydroxylation is 1. The summed E-state index contributed by atoms with van der Waals surface area (Å²) in [7, 11) is 1.36. The number of hydrogen-bond donors (Lipinski definition) is 1. The van der Waals surface area contributed by atoms with E-state index in [4.69, 9.17) is 9.47 Å². The van der Waals surface area contributed by atoms with Crippen LogP contribution in [0.3, 0.4) is 0 Å². The van der Waals surface area contributed by atoms with E-state index in [1.807, 2.05) is 42.6 Å². The Balaban J connectivity index is 1.64. The first-order valence-corrected chi connectivity index (χ1v) is 10.9. The van der Waals surface area contributed by atoms with Gasteiger partial charge in [-0.05, 0) is 60.9 Å². The molecule has 1 unspecified atom stereocenters. The summed E-state index contributed by atoms with van der Waals surface area (Å²) in [5.41, 5.74) is 2.83. The van der Waals surface area contributed by atoms with Crippen molar-refractivity contribution < 1.29 is 23.9 Å². The number of benzene rings is 1. The largest absolute Gasteiger partial charge is 0.493 e. The van der Waals surface area contributed by atoms with Gasteiger partial charge in [-0.2, -0.15) is 0 Å². The van der Waals surface area contributed by atoms with E-state index in [9.17, 15) is 14.4 Å². The van der Waals surface area contributed by atoms with Crippen molar-refractivity contribution in [3.05, 3.63) is 59.4 Å². The van der Waals surface area contributed by atoms with Crippen LogP contribution < -0.4 is 10.1 Å². The number of amides is 2. The first-order chi connectivity index (χ1) is 14.8. The maximum Gasteiger partial charge on any atom is 0.306 e. The highest BCUT2D eigenvalue weighted by atomic mass is 32.2. The summed E-state index contributed by atoms with van der Waals surface area (Å²) in [6.45, 7) is 4.10. The van der Waals surface area contributed by atoms with Gasteiger partial charge in [0.15, 0.2) is 0 Å². The van der Waals surface area contributed by atoms with Crippen LogP contribution in [-0.4, -0.2) is 40.6 Å². The second kappa shape index (κ2) is 9.96. The molecule has 1 aromatic heterocycles. The predicted octanol–water partition coefficient (Wildman–Crippen LogP) is 3.65. The summed E-state index contributed by atoms with van der Waals surface area (Å²) in [5, 5.41) is 2.02. The van der Waals surface area contributed by atoms with Crippen LogP contribution in [-0.2, 0) is 27.2 Å². The Kier molecular flexibility index (Phi) is 7.33. The Bertz CT molecular complexity index is 945. The summed E-state index contributed by atoms with van der Waals surface area (Å²) >= 11 is 1.02. The first kappa shape index (κ1) is 22.8. The van der Waals surface area contributed by atoms with Gasteiger partial charge in [-0.1, -0.05) is 25.1 Å². The maximum absolute atomic E-state index is 12.0. The smallest absolute Gasteiger partial charge is 0.306 e. The highest BCUT2D eigenvalue weighted by Gasteiger charge is 2.43. The summed E-state index contributed by atoms with van der Waals surface area (Å²) in [6, 6.07) is 11.3. The lowest BCUT2D eigenvalue weighted by atomic mass is 9.99. The molecule has 164 valence electrons. The van der Waals surface area contributed by atoms with Gasteiger partial charge in [0.25, 0.3) is 5.24 Å². The Labute approximate surface area is 185 Å². The highest BCUT2D eigenvalue weighted by Crippen LogP contribution is 2.35. The van der Waals surface area contributed by atoms with Gasteiger partial charge in [0.1, 0.15) is 10.5 Å². The van der Waals surface area contributed by atoms with E-state index >= 15 is 0 Å². The Morgan fingerprint density at radius 2 is 1.87 bits per heavy atom. The monoisotopic (exact) mass is 442 g/mol. The fraction of sp³-hybridized carbons (Fsp3) is 0.391. The molecular formula is C23H26N2O5S. The predicted molar refractivity (Wildman–Crippen MR) is 118 cm³/mol. The zero-order chi connectivity index (χ0) is 22.4. The van der Waals surface area contributed by atoms with Crippen molar-refractivity contribution in [3.63, 3.8) is 0 Å². The third-order valence-electron chi connectivity index (χ3n) is 5.24. The minimum Gasteiger partial charge on any atom is -0.493 e. The summed E-state index contributed by atoms with van der Waals surface area (Å²) in [6.07, 6.45) is 3.32. The summed E-state index contributed by atoms with van der Waals surface area (Å²) < 4.78 is 9.95. The van der Waals surface area contributed by atoms with Crippen molar-refractivity contribution in [1.29, 1.82) is 0 Å². The molecule has 1 N–H and O–H groups in total. The minimum atomic E-state index is -0.804. The van der Waals surface area contributed by atoms with Crippen LogP contribution in [0.15, 0.2) is 42.6 Å². The lowest BCUT2D eigenvalue weighted by Gasteiger charge is -2.19. The van der Waals surface area contributed by atoms with Crippen molar-refractivity contribution in [2.24, 2.45) is 0 Å². The quantitative estimate of drug-likeness (QED) is 0.592. The number of aromatic nitrogens is 1. The average molecular weight is 443 g/mol. The number of imide groups is 1. The molecule has 1 aromatic carbocycles. The number of nitrogens with one attached hydrogen (secondary N) is 1. The van der Waals surface area contributed by atoms with E-state index in [1.165, 1.54) is 7.11 Å². The number of thioether (sulfide) groups is 1. The lowest BCUT2D eigenvalue weighted by molar-refractivity contribution is -0.141. The second-order valence-corrected chi connectivity index (χ2v) is 9.10. The molecule has 31 heavy (non-hydrogen) atoms. The molecule has 2 heterocycles. The molecule has 1 saturated heterocycles. The molecule has 0 aliphatic carbocycles. The van der Waals surface area contributed by atoms with E-state index in [1.54, 1.807) is 6.92 Å². The van der Waals surface area contributed by atoms with E-state index in [2.05, 4.69) is 17.2 Å². The van der Waals surface area contributed by atoms with Crippen molar-refractivity contribution in [2.45, 2.75) is 43.8 Å². The zero-order valence-electron chi connectivity index (χ0n) is 17.8. The number of carbonyl (C=O) groups is 3. The van der Waals surface area contributed by atoms with Gasteiger partial charge in [-0.3, -0.25) is 24.7 Å². The van der Waals surface area contributed by atoms with Crippen molar-refractivity contribution in [3.8, 4) is 5.75 Å². The van der Waals surface area contributed by atoms with Gasteiger partial charge in [0.2, 0.25) is 5.91 Å². The Morgan fingerprint density at radius 1 is 1.16 bits per heavy atom. The average Bonchev–Trinajstić information content (AvgIpc) is 3.02. The van der Waals surface area contributed by atoms with Crippen LogP contribution in [0.25, 0.3) is 0 Å². The number of carbonyl (C=O) groups excluding carboxylic acids is 3. The molecule has 8 heteroatoms. The third-order valence-corrected chi connectivity index (χ3v) is 6.31. The number of nitrogens with zero attached hydrogens (tertiary/aromatic N) is 1. The summed E-state index contributed by atoms with van der Waals surface area (Å²) in [5.74, 6) is -0.175. The molecule has 1 aliphatic heterocycles. The van der Waals surface area contributed by atoms with Gasteiger partial charge < -0.3 is 9.47 Å². The van der Waals surface area contributed by atoms with Gasteiger partial charge in [-0.25, -0.2) is 0 Å². The van der Waals surface area contributed by atoms with Crippen LogP contribution in [0.1, 0.15) is 43.0 Å². The molecule has 0 saturated carbocycles. The zero-order valence-corrected chi connectivity index (χ0v) is 18.7. The molecule has 2 atom stereocenters. The van der Waals surface area contributed by atoms with Crippen molar-refractivity contribution in [1.82, 2.24) is 10.3 Å². The standard InChI is InChI=1S/C23H26N2O5S/c1-4-15-7-10-19(24-13-15)17(11-20(26)29-3)14-30-18-8-5-16(6-9-18)12-23(2)21(27)25-22(28)31-23/h5-10,13,17H,4,11-12,14H2,1-3H3,(H,25,27,28)/t17?,23-/m1/s1. The lowest BCUT2D eigenvalue weighted by Crippen LogP contribution is -2.35. The van der Waals surface area contributed by atoms with Gasteiger partial charge in [-0.15, -0.1) is 0 Å². The van der Waals surface area contributed by atoms with E-state index in [-0.39, 0.29) is 36.1 Å². The van der Waals surface area contributed by atoms with Crippen molar-refractivity contribution in [2.75, 3.05) is 13.7 Å². The van der Waals surface area contributed by atoms with Crippen LogP contribution in [0.2, 0.25) is 0 Å². The van der Waals surface area contributed by atoms with Gasteiger partial charge in [0.05, 0.1) is 20.1 Å². The van der Waals surface area contributed by atoms with Crippen LogP contribution >= 0.6 is 11.8 Å². The maximum atomic E-state index is 12.0. The first-order valence-electron chi connectivity index (χ1n) is 10.1. The molecule has 2 aromatic rings. The SMILES string of the molecule is CCc1ccc(C(COc2ccc(C[C@@]3(C)SC(=O)NC3=O)cc2)CC(=O)OC)nc1. The summed E-state index contributed by atoms with van der Waals surface area (Å²) in [4.78, 5) is 39.8. The van der Waals surface area contributed by atoms with Crippen LogP contribution in [0.5, 0.6) is 5.75 Å². The molecule has 0 radical (unpaired) electrons. The van der Waals surface area contributed by atoms with Crippen LogP contribution in [0, 0.1) is 0 Å². The molecule has 3 rings (SSSR count). The number of ether oxygens (including phenoxy) is 2. The molecule has 0 spiro atoms. The molecule has 1 aliphatic rings. The Hall–Kier alpha value is -2.87. The number of esters is 1. The Morgan fingerprint density at radius 3 is 2.42 bits per heavy atom. The number of hydrogen-bond acceptors (Lipinski definition) is 7. The van der Waals surface area contributed by atoms with E-state index in [0.717, 1.165) is 35.0 Å². The number of pyridine rings is 1. The third kappa shape index (κ3) is 5.85. The molecular weight excluding hydrogens is 416 g/mol. The van der Waals surface area contributed by atoms with Crippen LogP contribution in [0.4, 0.5) is 4.79 Å². The molecule has 1 fully saturated rings. The fourth-order valence-corrected chi connectivity index (χ4v) is 4.26. The van der Waals surface area contributed by atoms with E-state index < -0.39 is 4.75 Å². The normalized spacial score (nSPS) is 19.1. The second-order valence-electron chi connectivity index (χ2n) is 7.63. The van der Waals surface area contributed by atoms with Gasteiger partial charge in [0, 0.05) is 17.8 Å². The number of methoxy groups -OCH3 is 1. The van der Waals surface area contributed by atoms with E-state index in [0.29, 0.717) is 12.2 Å². The number of rotatable bonds is 9.